The Balaban J connectivity index is 2.24. The summed E-state index contributed by atoms with van der Waals surface area (Å²) >= 11 is 0.671. The van der Waals surface area contributed by atoms with E-state index in [1.165, 1.54) is 0 Å². The van der Waals surface area contributed by atoms with E-state index >= 15 is 0 Å². The molecule has 0 spiro atoms. The molecule has 0 aliphatic carbocycles. The van der Waals surface area contributed by atoms with Crippen LogP contribution in [0.15, 0.2) is 36.5 Å². The lowest BCUT2D eigenvalue weighted by atomic mass is 9.83. The van der Waals surface area contributed by atoms with Crippen molar-refractivity contribution in [3.63, 3.8) is 0 Å². The average molecular weight is 378 g/mol. The Morgan fingerprint density at radius 2 is 2.08 bits per heavy atom. The van der Waals surface area contributed by atoms with Gasteiger partial charge in [-0.2, -0.15) is 0 Å². The average Bonchev–Trinajstić information content (AvgIpc) is 3.09. The molecule has 0 radical (unpaired) electrons. The van der Waals surface area contributed by atoms with Gasteiger partial charge in [0.05, 0.1) is 4.92 Å². The van der Waals surface area contributed by atoms with Crippen molar-refractivity contribution in [1.82, 2.24) is 4.98 Å². The van der Waals surface area contributed by atoms with Crippen molar-refractivity contribution in [2.75, 3.05) is 5.32 Å². The Hall–Kier alpha value is -2.85. The number of hydrogen-bond acceptors (Lipinski definition) is 8. The number of anilines is 1. The molecular formula is C16H18N4O5S. The van der Waals surface area contributed by atoms with Crippen molar-refractivity contribution in [2.45, 2.75) is 25.8 Å². The van der Waals surface area contributed by atoms with Gasteiger partial charge in [-0.15, -0.1) is 0 Å². The smallest absolute Gasteiger partial charge is 0.345 e. The van der Waals surface area contributed by atoms with Crippen LogP contribution in [0.4, 0.5) is 10.1 Å². The molecule has 0 aliphatic heterocycles. The molecule has 2 atom stereocenters. The van der Waals surface area contributed by atoms with E-state index in [9.17, 15) is 19.7 Å². The molecule has 0 saturated heterocycles. The molecule has 1 amide bonds. The van der Waals surface area contributed by atoms with Gasteiger partial charge < -0.3 is 10.5 Å². The molecule has 1 heterocycles. The van der Waals surface area contributed by atoms with Gasteiger partial charge in [0.15, 0.2) is 10.7 Å². The second kappa shape index (κ2) is 8.02. The van der Waals surface area contributed by atoms with Crippen LogP contribution in [0.5, 0.6) is 5.75 Å². The van der Waals surface area contributed by atoms with E-state index in [0.29, 0.717) is 17.8 Å². The number of nitrogens with one attached hydrogen (secondary N) is 1. The highest BCUT2D eigenvalue weighted by atomic mass is 32.1. The lowest BCUT2D eigenvalue weighted by Gasteiger charge is -2.30. The first-order valence-electron chi connectivity index (χ1n) is 7.76. The van der Waals surface area contributed by atoms with Gasteiger partial charge in [-0.3, -0.25) is 20.2 Å². The van der Waals surface area contributed by atoms with Crippen LogP contribution in [0.25, 0.3) is 0 Å². The lowest BCUT2D eigenvalue weighted by molar-refractivity contribution is -0.380. The third-order valence-corrected chi connectivity index (χ3v) is 4.82. The molecule has 0 bridgehead atoms. The molecular weight excluding hydrogens is 360 g/mol. The number of para-hydroxylation sites is 1. The summed E-state index contributed by atoms with van der Waals surface area (Å²) in [6.45, 7) is 3.43. The SMILES string of the molecule is CC[C@H](C)[C@](N)(C(=O)Nc1ncc([N+](=O)[O-])s1)C(=O)Oc1ccccc1. The van der Waals surface area contributed by atoms with E-state index in [1.807, 2.05) is 0 Å². The molecule has 2 aromatic rings. The number of hydrogen-bond donors (Lipinski definition) is 2. The van der Waals surface area contributed by atoms with Gasteiger partial charge >= 0.3 is 11.0 Å². The molecule has 3 N–H and O–H groups in total. The number of rotatable bonds is 7. The molecule has 0 saturated carbocycles. The largest absolute Gasteiger partial charge is 0.425 e. The number of amides is 1. The molecule has 0 aliphatic rings. The highest BCUT2D eigenvalue weighted by molar-refractivity contribution is 7.18. The maximum atomic E-state index is 12.7. The van der Waals surface area contributed by atoms with Crippen molar-refractivity contribution >= 4 is 33.3 Å². The molecule has 0 fully saturated rings. The number of ether oxygens (including phenoxy) is 1. The second-order valence-corrected chi connectivity index (χ2v) is 6.60. The van der Waals surface area contributed by atoms with Gasteiger partial charge in [0.1, 0.15) is 11.9 Å². The number of esters is 1. The number of aromatic nitrogens is 1. The van der Waals surface area contributed by atoms with Crippen molar-refractivity contribution < 1.29 is 19.2 Å². The van der Waals surface area contributed by atoms with E-state index in [4.69, 9.17) is 10.5 Å². The zero-order valence-electron chi connectivity index (χ0n) is 14.2. The summed E-state index contributed by atoms with van der Waals surface area (Å²) in [5, 5.41) is 12.8. The van der Waals surface area contributed by atoms with Gasteiger partial charge in [-0.1, -0.05) is 38.5 Å². The standard InChI is InChI=1S/C16H18N4O5S/c1-3-10(2)16(17,14(22)25-11-7-5-4-6-8-11)13(21)19-15-18-9-12(26-15)20(23)24/h4-10H,3,17H2,1-2H3,(H,18,19,21)/t10-,16-/m0/s1. The number of thiazole rings is 1. The van der Waals surface area contributed by atoms with Crippen LogP contribution in [0, 0.1) is 16.0 Å². The number of nitrogens with zero attached hydrogens (tertiary/aromatic N) is 2. The van der Waals surface area contributed by atoms with Crippen LogP contribution in [0.3, 0.4) is 0 Å². The molecule has 9 nitrogen and oxygen atoms in total. The molecule has 138 valence electrons. The summed E-state index contributed by atoms with van der Waals surface area (Å²) in [5.74, 6) is -2.04. The fourth-order valence-electron chi connectivity index (χ4n) is 2.13. The van der Waals surface area contributed by atoms with Gasteiger partial charge in [-0.25, -0.2) is 9.78 Å². The lowest BCUT2D eigenvalue weighted by Crippen LogP contribution is -2.63. The van der Waals surface area contributed by atoms with Crippen molar-refractivity contribution in [1.29, 1.82) is 0 Å². The number of benzene rings is 1. The predicted molar refractivity (Wildman–Crippen MR) is 95.8 cm³/mol. The predicted octanol–water partition coefficient (Wildman–Crippen LogP) is 2.34. The first-order valence-corrected chi connectivity index (χ1v) is 8.58. The zero-order chi connectivity index (χ0) is 19.3. The number of carbonyl (C=O) groups excluding carboxylic acids is 2. The van der Waals surface area contributed by atoms with Crippen LogP contribution >= 0.6 is 11.3 Å². The van der Waals surface area contributed by atoms with Crippen LogP contribution < -0.4 is 15.8 Å². The fraction of sp³-hybridized carbons (Fsp3) is 0.312. The summed E-state index contributed by atoms with van der Waals surface area (Å²) in [4.78, 5) is 39.2. The minimum atomic E-state index is -1.98. The van der Waals surface area contributed by atoms with Gasteiger partial charge in [-0.05, 0) is 29.4 Å². The first-order chi connectivity index (χ1) is 12.3. The van der Waals surface area contributed by atoms with Crippen LogP contribution in [-0.2, 0) is 9.59 Å². The Labute approximate surface area is 153 Å². The highest BCUT2D eigenvalue weighted by Gasteiger charge is 2.48. The van der Waals surface area contributed by atoms with E-state index < -0.39 is 28.3 Å². The molecule has 0 unspecified atom stereocenters. The molecule has 26 heavy (non-hydrogen) atoms. The van der Waals surface area contributed by atoms with Crippen molar-refractivity contribution in [3.05, 3.63) is 46.6 Å². The van der Waals surface area contributed by atoms with E-state index in [2.05, 4.69) is 10.3 Å². The summed E-state index contributed by atoms with van der Waals surface area (Å²) in [6.07, 6.45) is 1.45. The minimum absolute atomic E-state index is 0.0210. The first kappa shape index (κ1) is 19.5. The normalized spacial score (nSPS) is 14.1. The topological polar surface area (TPSA) is 137 Å². The zero-order valence-corrected chi connectivity index (χ0v) is 15.0. The molecule has 10 heteroatoms. The molecule has 2 rings (SSSR count). The second-order valence-electron chi connectivity index (χ2n) is 5.60. The monoisotopic (exact) mass is 378 g/mol. The van der Waals surface area contributed by atoms with Crippen LogP contribution in [0.2, 0.25) is 0 Å². The summed E-state index contributed by atoms with van der Waals surface area (Å²) in [6, 6.07) is 8.25. The summed E-state index contributed by atoms with van der Waals surface area (Å²) in [7, 11) is 0. The van der Waals surface area contributed by atoms with Gasteiger partial charge in [0.25, 0.3) is 5.91 Å². The van der Waals surface area contributed by atoms with Crippen molar-refractivity contribution in [2.24, 2.45) is 11.7 Å². The van der Waals surface area contributed by atoms with Gasteiger partial charge in [0, 0.05) is 0 Å². The maximum absolute atomic E-state index is 12.7. The summed E-state index contributed by atoms with van der Waals surface area (Å²) < 4.78 is 5.25. The minimum Gasteiger partial charge on any atom is -0.425 e. The highest BCUT2D eigenvalue weighted by Crippen LogP contribution is 2.28. The number of nitro groups is 1. The number of carbonyl (C=O) groups is 2. The Morgan fingerprint density at radius 3 is 2.62 bits per heavy atom. The van der Waals surface area contributed by atoms with Crippen molar-refractivity contribution in [3.8, 4) is 5.75 Å². The Bertz CT molecular complexity index is 810. The third-order valence-electron chi connectivity index (χ3n) is 3.95. The Morgan fingerprint density at radius 1 is 1.42 bits per heavy atom. The van der Waals surface area contributed by atoms with Crippen LogP contribution in [-0.4, -0.2) is 27.3 Å². The van der Waals surface area contributed by atoms with E-state index in [-0.39, 0.29) is 15.9 Å². The fourth-order valence-corrected chi connectivity index (χ4v) is 2.76. The van der Waals surface area contributed by atoms with E-state index in [0.717, 1.165) is 6.20 Å². The van der Waals surface area contributed by atoms with Gasteiger partial charge in [0.2, 0.25) is 0 Å². The number of nitrogens with two attached hydrogens (primary N) is 1. The van der Waals surface area contributed by atoms with Crippen LogP contribution in [0.1, 0.15) is 20.3 Å². The maximum Gasteiger partial charge on any atom is 0.345 e. The van der Waals surface area contributed by atoms with E-state index in [1.54, 1.807) is 44.2 Å². The summed E-state index contributed by atoms with van der Waals surface area (Å²) in [5.41, 5.74) is 4.18. The molecule has 1 aromatic heterocycles. The Kier molecular flexibility index (Phi) is 6.01. The quantitative estimate of drug-likeness (QED) is 0.248. The third kappa shape index (κ3) is 4.03. The molecule has 1 aromatic carbocycles.